The number of allylic oxidation sites excluding steroid dienone is 1. The Morgan fingerprint density at radius 3 is 2.50 bits per heavy atom. The SMILES string of the molecule is CC1(C)N=CC=CO1. The number of nitrogens with zero attached hydrogens (tertiary/aromatic N) is 1. The van der Waals surface area contributed by atoms with E-state index in [1.54, 1.807) is 18.6 Å². The van der Waals surface area contributed by atoms with Crippen molar-refractivity contribution in [2.24, 2.45) is 4.99 Å². The molecule has 0 unspecified atom stereocenters. The van der Waals surface area contributed by atoms with E-state index >= 15 is 0 Å². The molecular formula is C6H9NO. The van der Waals surface area contributed by atoms with E-state index in [1.807, 2.05) is 13.8 Å². The first-order chi connectivity index (χ1) is 3.71. The minimum absolute atomic E-state index is 0.339. The van der Waals surface area contributed by atoms with Crippen molar-refractivity contribution in [3.8, 4) is 0 Å². The van der Waals surface area contributed by atoms with Crippen molar-refractivity contribution in [1.29, 1.82) is 0 Å². The highest BCUT2D eigenvalue weighted by molar-refractivity contribution is 5.71. The Morgan fingerprint density at radius 2 is 2.25 bits per heavy atom. The zero-order valence-corrected chi connectivity index (χ0v) is 5.09. The van der Waals surface area contributed by atoms with Gasteiger partial charge < -0.3 is 4.74 Å². The molecule has 0 amide bonds. The van der Waals surface area contributed by atoms with Gasteiger partial charge in [0.05, 0.1) is 6.26 Å². The zero-order valence-electron chi connectivity index (χ0n) is 5.09. The van der Waals surface area contributed by atoms with Crippen molar-refractivity contribution >= 4 is 6.21 Å². The maximum Gasteiger partial charge on any atom is 0.193 e. The van der Waals surface area contributed by atoms with Crippen LogP contribution in [0.3, 0.4) is 0 Å². The quantitative estimate of drug-likeness (QED) is 0.462. The van der Waals surface area contributed by atoms with Crippen LogP contribution in [0.5, 0.6) is 0 Å². The molecule has 1 rings (SSSR count). The second-order valence-corrected chi connectivity index (χ2v) is 2.17. The number of aliphatic imine (C=N–C) groups is 1. The standard InChI is InChI=1S/C6H9NO/c1-6(2)7-4-3-5-8-6/h3-5H,1-2H3. The third-order valence-electron chi connectivity index (χ3n) is 0.907. The fraction of sp³-hybridized carbons (Fsp3) is 0.500. The van der Waals surface area contributed by atoms with E-state index in [1.165, 1.54) is 0 Å². The second-order valence-electron chi connectivity index (χ2n) is 2.17. The lowest BCUT2D eigenvalue weighted by atomic mass is 10.3. The summed E-state index contributed by atoms with van der Waals surface area (Å²) in [7, 11) is 0. The topological polar surface area (TPSA) is 21.6 Å². The van der Waals surface area contributed by atoms with Crippen LogP contribution in [-0.4, -0.2) is 11.9 Å². The molecule has 0 bridgehead atoms. The summed E-state index contributed by atoms with van der Waals surface area (Å²) >= 11 is 0. The van der Waals surface area contributed by atoms with E-state index in [-0.39, 0.29) is 5.72 Å². The van der Waals surface area contributed by atoms with Crippen molar-refractivity contribution in [1.82, 2.24) is 0 Å². The van der Waals surface area contributed by atoms with E-state index in [0.717, 1.165) is 0 Å². The van der Waals surface area contributed by atoms with E-state index in [4.69, 9.17) is 4.74 Å². The molecule has 8 heavy (non-hydrogen) atoms. The molecule has 0 aromatic rings. The van der Waals surface area contributed by atoms with Crippen molar-refractivity contribution in [3.05, 3.63) is 12.3 Å². The van der Waals surface area contributed by atoms with Gasteiger partial charge in [-0.3, -0.25) is 0 Å². The lowest BCUT2D eigenvalue weighted by Crippen LogP contribution is -2.20. The van der Waals surface area contributed by atoms with Gasteiger partial charge in [0, 0.05) is 6.21 Å². The molecule has 1 aliphatic heterocycles. The van der Waals surface area contributed by atoms with Gasteiger partial charge in [0.2, 0.25) is 0 Å². The Labute approximate surface area is 48.9 Å². The van der Waals surface area contributed by atoms with Crippen molar-refractivity contribution < 1.29 is 4.74 Å². The molecule has 0 N–H and O–H groups in total. The molecule has 0 saturated heterocycles. The molecule has 1 aliphatic rings. The summed E-state index contributed by atoms with van der Waals surface area (Å²) in [6.07, 6.45) is 5.15. The van der Waals surface area contributed by atoms with Gasteiger partial charge in [0.1, 0.15) is 0 Å². The monoisotopic (exact) mass is 111 g/mol. The molecule has 2 heteroatoms. The molecule has 0 aliphatic carbocycles. The molecule has 44 valence electrons. The van der Waals surface area contributed by atoms with Crippen LogP contribution in [0.15, 0.2) is 17.3 Å². The minimum atomic E-state index is -0.339. The van der Waals surface area contributed by atoms with Gasteiger partial charge >= 0.3 is 0 Å². The molecule has 2 nitrogen and oxygen atoms in total. The molecule has 0 aromatic heterocycles. The lowest BCUT2D eigenvalue weighted by molar-refractivity contribution is 0.0648. The van der Waals surface area contributed by atoms with Crippen LogP contribution in [0.25, 0.3) is 0 Å². The highest BCUT2D eigenvalue weighted by Crippen LogP contribution is 2.12. The molecule has 1 heterocycles. The number of hydrogen-bond acceptors (Lipinski definition) is 2. The van der Waals surface area contributed by atoms with Crippen LogP contribution < -0.4 is 0 Å². The Bertz CT molecular complexity index is 135. The second kappa shape index (κ2) is 1.62. The summed E-state index contributed by atoms with van der Waals surface area (Å²) in [5.74, 6) is 0. The van der Waals surface area contributed by atoms with Gasteiger partial charge in [0.25, 0.3) is 0 Å². The Hall–Kier alpha value is -0.790. The first-order valence-corrected chi connectivity index (χ1v) is 2.59. The van der Waals surface area contributed by atoms with Crippen LogP contribution in [0.4, 0.5) is 0 Å². The average Bonchev–Trinajstić information content (AvgIpc) is 1.65. The molecule has 0 fully saturated rings. The van der Waals surface area contributed by atoms with Crippen LogP contribution in [-0.2, 0) is 4.74 Å². The fourth-order valence-electron chi connectivity index (χ4n) is 0.494. The van der Waals surface area contributed by atoms with E-state index < -0.39 is 0 Å². The van der Waals surface area contributed by atoms with Crippen LogP contribution in [0.1, 0.15) is 13.8 Å². The van der Waals surface area contributed by atoms with Crippen molar-refractivity contribution in [3.63, 3.8) is 0 Å². The van der Waals surface area contributed by atoms with Gasteiger partial charge in [-0.15, -0.1) is 0 Å². The predicted molar refractivity (Wildman–Crippen MR) is 32.8 cm³/mol. The third kappa shape index (κ3) is 1.09. The highest BCUT2D eigenvalue weighted by atomic mass is 16.5. The summed E-state index contributed by atoms with van der Waals surface area (Å²) < 4.78 is 5.09. The first kappa shape index (κ1) is 5.35. The normalized spacial score (nSPS) is 22.8. The maximum absolute atomic E-state index is 5.09. The lowest BCUT2D eigenvalue weighted by Gasteiger charge is -2.20. The van der Waals surface area contributed by atoms with Crippen LogP contribution in [0.2, 0.25) is 0 Å². The predicted octanol–water partition coefficient (Wildman–Crippen LogP) is 1.34. The van der Waals surface area contributed by atoms with Gasteiger partial charge in [-0.2, -0.15) is 0 Å². The van der Waals surface area contributed by atoms with Crippen molar-refractivity contribution in [2.75, 3.05) is 0 Å². The minimum Gasteiger partial charge on any atom is -0.474 e. The molecule has 0 spiro atoms. The summed E-state index contributed by atoms with van der Waals surface area (Å²) in [4.78, 5) is 4.03. The van der Waals surface area contributed by atoms with Gasteiger partial charge in [-0.1, -0.05) is 0 Å². The van der Waals surface area contributed by atoms with E-state index in [0.29, 0.717) is 0 Å². The number of hydrogen-bond donors (Lipinski definition) is 0. The van der Waals surface area contributed by atoms with Gasteiger partial charge in [0.15, 0.2) is 5.72 Å². The third-order valence-corrected chi connectivity index (χ3v) is 0.907. The summed E-state index contributed by atoms with van der Waals surface area (Å²) in [6.45, 7) is 3.82. The largest absolute Gasteiger partial charge is 0.474 e. The molecule has 0 radical (unpaired) electrons. The van der Waals surface area contributed by atoms with E-state index in [9.17, 15) is 0 Å². The Balaban J connectivity index is 2.65. The molecule has 0 atom stereocenters. The summed E-state index contributed by atoms with van der Waals surface area (Å²) in [5, 5.41) is 0. The first-order valence-electron chi connectivity index (χ1n) is 2.59. The summed E-state index contributed by atoms with van der Waals surface area (Å²) in [6, 6.07) is 0. The van der Waals surface area contributed by atoms with Crippen LogP contribution in [0, 0.1) is 0 Å². The highest BCUT2D eigenvalue weighted by Gasteiger charge is 2.14. The molecule has 0 aromatic carbocycles. The Kier molecular flexibility index (Phi) is 1.08. The molecular weight excluding hydrogens is 102 g/mol. The number of rotatable bonds is 0. The Morgan fingerprint density at radius 1 is 1.50 bits per heavy atom. The maximum atomic E-state index is 5.09. The summed E-state index contributed by atoms with van der Waals surface area (Å²) in [5.41, 5.74) is -0.339. The van der Waals surface area contributed by atoms with Crippen molar-refractivity contribution in [2.45, 2.75) is 19.6 Å². The van der Waals surface area contributed by atoms with Gasteiger partial charge in [-0.25, -0.2) is 4.99 Å². The fourth-order valence-corrected chi connectivity index (χ4v) is 0.494. The molecule has 0 saturated carbocycles. The average molecular weight is 111 g/mol. The smallest absolute Gasteiger partial charge is 0.193 e. The zero-order chi connectivity index (χ0) is 6.04. The number of ether oxygens (including phenoxy) is 1. The van der Waals surface area contributed by atoms with Gasteiger partial charge in [-0.05, 0) is 19.9 Å². The van der Waals surface area contributed by atoms with Crippen LogP contribution >= 0.6 is 0 Å². The van der Waals surface area contributed by atoms with E-state index in [2.05, 4.69) is 4.99 Å².